The van der Waals surface area contributed by atoms with Gasteiger partial charge in [-0.3, -0.25) is 4.79 Å². The van der Waals surface area contributed by atoms with E-state index in [1.807, 2.05) is 17.0 Å². The van der Waals surface area contributed by atoms with Gasteiger partial charge in [-0.2, -0.15) is 0 Å². The number of carbonyl (C=O) groups excluding carboxylic acids is 1. The van der Waals surface area contributed by atoms with E-state index in [1.54, 1.807) is 0 Å². The first-order chi connectivity index (χ1) is 9.76. The van der Waals surface area contributed by atoms with E-state index >= 15 is 0 Å². The third-order valence-electron chi connectivity index (χ3n) is 3.92. The van der Waals surface area contributed by atoms with Crippen molar-refractivity contribution < 1.29 is 4.79 Å². The van der Waals surface area contributed by atoms with Gasteiger partial charge in [0.15, 0.2) is 0 Å². The second-order valence-electron chi connectivity index (χ2n) is 5.55. The van der Waals surface area contributed by atoms with Crippen LogP contribution in [-0.2, 0) is 6.42 Å². The fourth-order valence-corrected chi connectivity index (χ4v) is 2.62. The van der Waals surface area contributed by atoms with Crippen LogP contribution in [0.1, 0.15) is 55.5 Å². The Bertz CT molecular complexity index is 448. The van der Waals surface area contributed by atoms with Gasteiger partial charge < -0.3 is 10.2 Å². The highest BCUT2D eigenvalue weighted by molar-refractivity contribution is 5.95. The molecule has 0 fully saturated rings. The summed E-state index contributed by atoms with van der Waals surface area (Å²) in [5, 5.41) is 3.35. The molecule has 1 heterocycles. The van der Waals surface area contributed by atoms with E-state index in [-0.39, 0.29) is 5.91 Å². The molecule has 0 unspecified atom stereocenters. The topological polar surface area (TPSA) is 32.3 Å². The molecule has 0 spiro atoms. The second kappa shape index (κ2) is 7.32. The number of anilines is 1. The molecule has 1 aromatic carbocycles. The summed E-state index contributed by atoms with van der Waals surface area (Å²) in [4.78, 5) is 14.7. The smallest absolute Gasteiger partial charge is 0.253 e. The summed E-state index contributed by atoms with van der Waals surface area (Å²) < 4.78 is 0. The van der Waals surface area contributed by atoms with Crippen LogP contribution >= 0.6 is 0 Å². The molecular weight excluding hydrogens is 248 g/mol. The molecule has 1 amide bonds. The number of benzene rings is 1. The molecule has 1 aromatic rings. The van der Waals surface area contributed by atoms with E-state index < -0.39 is 0 Å². The van der Waals surface area contributed by atoms with Crippen molar-refractivity contribution in [2.24, 2.45) is 0 Å². The molecule has 0 saturated carbocycles. The highest BCUT2D eigenvalue weighted by atomic mass is 16.2. The molecule has 0 bridgehead atoms. The Morgan fingerprint density at radius 3 is 2.55 bits per heavy atom. The molecule has 3 nitrogen and oxygen atoms in total. The number of fused-ring (bicyclic) bond motifs is 1. The molecular formula is C17H26N2O. The summed E-state index contributed by atoms with van der Waals surface area (Å²) in [6, 6.07) is 6.11. The van der Waals surface area contributed by atoms with Gasteiger partial charge in [0.2, 0.25) is 0 Å². The Morgan fingerprint density at radius 1 is 1.20 bits per heavy atom. The van der Waals surface area contributed by atoms with Crippen molar-refractivity contribution in [3.8, 4) is 0 Å². The van der Waals surface area contributed by atoms with Crippen molar-refractivity contribution in [3.63, 3.8) is 0 Å². The maximum atomic E-state index is 12.7. The zero-order valence-corrected chi connectivity index (χ0v) is 12.7. The fraction of sp³-hybridized carbons (Fsp3) is 0.588. The minimum Gasteiger partial charge on any atom is -0.384 e. The first-order valence-electron chi connectivity index (χ1n) is 7.92. The summed E-state index contributed by atoms with van der Waals surface area (Å²) in [7, 11) is 0. The predicted octanol–water partition coefficient (Wildman–Crippen LogP) is 3.70. The molecule has 0 aromatic heterocycles. The van der Waals surface area contributed by atoms with Crippen molar-refractivity contribution in [2.75, 3.05) is 25.0 Å². The fourth-order valence-electron chi connectivity index (χ4n) is 2.62. The summed E-state index contributed by atoms with van der Waals surface area (Å²) in [6.07, 6.45) is 5.49. The Balaban J connectivity index is 2.09. The lowest BCUT2D eigenvalue weighted by atomic mass is 10.1. The summed E-state index contributed by atoms with van der Waals surface area (Å²) in [5.74, 6) is 0.184. The van der Waals surface area contributed by atoms with E-state index in [4.69, 9.17) is 0 Å². The molecule has 3 heteroatoms. The molecule has 1 aliphatic heterocycles. The molecule has 110 valence electrons. The largest absolute Gasteiger partial charge is 0.384 e. The third kappa shape index (κ3) is 3.53. The Labute approximate surface area is 122 Å². The van der Waals surface area contributed by atoms with Crippen LogP contribution in [0.3, 0.4) is 0 Å². The number of nitrogens with zero attached hydrogens (tertiary/aromatic N) is 1. The van der Waals surface area contributed by atoms with Crippen LogP contribution in [0.2, 0.25) is 0 Å². The average molecular weight is 274 g/mol. The van der Waals surface area contributed by atoms with Crippen molar-refractivity contribution in [1.82, 2.24) is 4.90 Å². The lowest BCUT2D eigenvalue weighted by molar-refractivity contribution is 0.0751. The number of hydrogen-bond acceptors (Lipinski definition) is 2. The summed E-state index contributed by atoms with van der Waals surface area (Å²) in [5.41, 5.74) is 3.29. The molecule has 1 aliphatic rings. The second-order valence-corrected chi connectivity index (χ2v) is 5.55. The Kier molecular flexibility index (Phi) is 5.45. The lowest BCUT2D eigenvalue weighted by Gasteiger charge is -2.22. The number of unbranched alkanes of at least 4 members (excludes halogenated alkanes) is 2. The maximum Gasteiger partial charge on any atom is 0.253 e. The van der Waals surface area contributed by atoms with E-state index in [0.717, 1.165) is 63.0 Å². The number of amides is 1. The van der Waals surface area contributed by atoms with Crippen LogP contribution < -0.4 is 5.32 Å². The van der Waals surface area contributed by atoms with Gasteiger partial charge in [0.05, 0.1) is 0 Å². The molecule has 0 saturated heterocycles. The van der Waals surface area contributed by atoms with Gasteiger partial charge in [0.1, 0.15) is 0 Å². The Hall–Kier alpha value is -1.51. The van der Waals surface area contributed by atoms with Gasteiger partial charge in [0, 0.05) is 30.9 Å². The van der Waals surface area contributed by atoms with E-state index in [2.05, 4.69) is 25.2 Å². The van der Waals surface area contributed by atoms with Crippen molar-refractivity contribution in [1.29, 1.82) is 0 Å². The number of rotatable bonds is 7. The lowest BCUT2D eigenvalue weighted by Crippen LogP contribution is -2.33. The quantitative estimate of drug-likeness (QED) is 0.822. The van der Waals surface area contributed by atoms with Crippen molar-refractivity contribution >= 4 is 11.6 Å². The van der Waals surface area contributed by atoms with Crippen LogP contribution in [0.4, 0.5) is 5.69 Å². The highest BCUT2D eigenvalue weighted by Gasteiger charge is 2.17. The zero-order chi connectivity index (χ0) is 14.4. The molecule has 20 heavy (non-hydrogen) atoms. The number of hydrogen-bond donors (Lipinski definition) is 1. The normalized spacial score (nSPS) is 12.9. The van der Waals surface area contributed by atoms with Gasteiger partial charge in [-0.1, -0.05) is 32.8 Å². The standard InChI is InChI=1S/C17H26N2O/c1-3-5-11-19(12-6-4-2)17(20)15-8-7-14-9-10-18-16(14)13-15/h7-8,13,18H,3-6,9-12H2,1-2H3. The van der Waals surface area contributed by atoms with Crippen molar-refractivity contribution in [3.05, 3.63) is 29.3 Å². The first-order valence-corrected chi connectivity index (χ1v) is 7.92. The van der Waals surface area contributed by atoms with Gasteiger partial charge in [-0.05, 0) is 37.0 Å². The molecule has 0 radical (unpaired) electrons. The van der Waals surface area contributed by atoms with Crippen LogP contribution in [0, 0.1) is 0 Å². The van der Waals surface area contributed by atoms with Gasteiger partial charge in [0.25, 0.3) is 5.91 Å². The van der Waals surface area contributed by atoms with E-state index in [9.17, 15) is 4.79 Å². The van der Waals surface area contributed by atoms with E-state index in [1.165, 1.54) is 5.56 Å². The van der Waals surface area contributed by atoms with Crippen LogP contribution in [0.5, 0.6) is 0 Å². The maximum absolute atomic E-state index is 12.7. The third-order valence-corrected chi connectivity index (χ3v) is 3.92. The average Bonchev–Trinajstić information content (AvgIpc) is 2.94. The van der Waals surface area contributed by atoms with E-state index in [0.29, 0.717) is 0 Å². The SMILES string of the molecule is CCCCN(CCCC)C(=O)c1ccc2c(c1)NCC2. The minimum absolute atomic E-state index is 0.184. The molecule has 0 atom stereocenters. The summed E-state index contributed by atoms with van der Waals surface area (Å²) in [6.45, 7) is 7.08. The summed E-state index contributed by atoms with van der Waals surface area (Å²) >= 11 is 0. The van der Waals surface area contributed by atoms with Crippen molar-refractivity contribution in [2.45, 2.75) is 46.0 Å². The highest BCUT2D eigenvalue weighted by Crippen LogP contribution is 2.24. The van der Waals surface area contributed by atoms with Crippen LogP contribution in [-0.4, -0.2) is 30.4 Å². The zero-order valence-electron chi connectivity index (χ0n) is 12.7. The number of nitrogens with one attached hydrogen (secondary N) is 1. The van der Waals surface area contributed by atoms with Gasteiger partial charge in [-0.15, -0.1) is 0 Å². The first kappa shape index (κ1) is 14.9. The molecule has 0 aliphatic carbocycles. The van der Waals surface area contributed by atoms with Gasteiger partial charge in [-0.25, -0.2) is 0 Å². The van der Waals surface area contributed by atoms with Gasteiger partial charge >= 0.3 is 0 Å². The Morgan fingerprint density at radius 2 is 1.90 bits per heavy atom. The monoisotopic (exact) mass is 274 g/mol. The number of carbonyl (C=O) groups is 1. The molecule has 1 N–H and O–H groups in total. The predicted molar refractivity (Wildman–Crippen MR) is 84.4 cm³/mol. The van der Waals surface area contributed by atoms with Crippen LogP contribution in [0.25, 0.3) is 0 Å². The molecule has 2 rings (SSSR count). The minimum atomic E-state index is 0.184. The van der Waals surface area contributed by atoms with Crippen LogP contribution in [0.15, 0.2) is 18.2 Å².